The predicted molar refractivity (Wildman–Crippen MR) is 101 cm³/mol. The molecule has 3 rings (SSSR count). The summed E-state index contributed by atoms with van der Waals surface area (Å²) in [6.07, 6.45) is 3.97. The molecule has 2 aromatic heterocycles. The van der Waals surface area contributed by atoms with Crippen LogP contribution in [0, 0.1) is 0 Å². The van der Waals surface area contributed by atoms with Gasteiger partial charge in [0.05, 0.1) is 11.5 Å². The maximum atomic E-state index is 12.7. The first-order chi connectivity index (χ1) is 12.5. The summed E-state index contributed by atoms with van der Waals surface area (Å²) < 4.78 is 7.57. The van der Waals surface area contributed by atoms with Crippen molar-refractivity contribution >= 4 is 16.9 Å². The largest absolute Gasteiger partial charge is 0.474 e. The summed E-state index contributed by atoms with van der Waals surface area (Å²) in [5.74, 6) is 0.456. The third-order valence-electron chi connectivity index (χ3n) is 5.13. The number of hydrogen-bond acceptors (Lipinski definition) is 5. The van der Waals surface area contributed by atoms with E-state index in [1.165, 1.54) is 0 Å². The highest BCUT2D eigenvalue weighted by Crippen LogP contribution is 2.22. The van der Waals surface area contributed by atoms with Gasteiger partial charge in [0.25, 0.3) is 5.91 Å². The molecule has 7 heteroatoms. The zero-order valence-corrected chi connectivity index (χ0v) is 16.2. The van der Waals surface area contributed by atoms with Crippen molar-refractivity contribution in [3.8, 4) is 5.88 Å². The molecule has 0 bridgehead atoms. The number of rotatable bonds is 6. The fourth-order valence-electron chi connectivity index (χ4n) is 3.38. The second-order valence-corrected chi connectivity index (χ2v) is 7.10. The fourth-order valence-corrected chi connectivity index (χ4v) is 3.38. The van der Waals surface area contributed by atoms with Crippen molar-refractivity contribution in [1.82, 2.24) is 25.0 Å². The molecule has 2 aromatic rings. The lowest BCUT2D eigenvalue weighted by molar-refractivity contribution is 0.0912. The van der Waals surface area contributed by atoms with Crippen molar-refractivity contribution in [2.24, 2.45) is 7.05 Å². The molecule has 1 saturated heterocycles. The Morgan fingerprint density at radius 3 is 2.62 bits per heavy atom. The van der Waals surface area contributed by atoms with E-state index in [4.69, 9.17) is 4.74 Å². The van der Waals surface area contributed by atoms with E-state index in [2.05, 4.69) is 41.2 Å². The minimum Gasteiger partial charge on any atom is -0.474 e. The van der Waals surface area contributed by atoms with Crippen LogP contribution in [-0.4, -0.2) is 57.9 Å². The Hall–Kier alpha value is -2.15. The molecule has 1 N–H and O–H groups in total. The van der Waals surface area contributed by atoms with Crippen molar-refractivity contribution in [2.45, 2.75) is 51.7 Å². The average molecular weight is 359 g/mol. The van der Waals surface area contributed by atoms with E-state index >= 15 is 0 Å². The second-order valence-electron chi connectivity index (χ2n) is 7.10. The van der Waals surface area contributed by atoms with E-state index in [1.807, 2.05) is 19.2 Å². The number of hydrogen-bond donors (Lipinski definition) is 1. The monoisotopic (exact) mass is 359 g/mol. The Morgan fingerprint density at radius 1 is 1.27 bits per heavy atom. The van der Waals surface area contributed by atoms with E-state index in [1.54, 1.807) is 4.68 Å². The highest BCUT2D eigenvalue weighted by molar-refractivity contribution is 6.04. The lowest BCUT2D eigenvalue weighted by atomic mass is 10.1. The Kier molecular flexibility index (Phi) is 5.76. The van der Waals surface area contributed by atoms with Crippen LogP contribution < -0.4 is 10.1 Å². The van der Waals surface area contributed by atoms with Crippen LogP contribution in [-0.2, 0) is 7.05 Å². The minimum atomic E-state index is -0.124. The van der Waals surface area contributed by atoms with Gasteiger partial charge in [-0.05, 0) is 51.9 Å². The highest BCUT2D eigenvalue weighted by Gasteiger charge is 2.23. The summed E-state index contributed by atoms with van der Waals surface area (Å²) in [5.41, 5.74) is 1.10. The highest BCUT2D eigenvalue weighted by atomic mass is 16.5. The number of likely N-dealkylation sites (tertiary alicyclic amines) is 1. The topological polar surface area (TPSA) is 72.3 Å². The third kappa shape index (κ3) is 3.98. The van der Waals surface area contributed by atoms with E-state index < -0.39 is 0 Å². The van der Waals surface area contributed by atoms with Crippen LogP contribution in [0.15, 0.2) is 12.1 Å². The first-order valence-electron chi connectivity index (χ1n) is 9.51. The third-order valence-corrected chi connectivity index (χ3v) is 5.13. The zero-order chi connectivity index (χ0) is 18.7. The summed E-state index contributed by atoms with van der Waals surface area (Å²) in [7, 11) is 3.92. The molecule has 0 aliphatic carbocycles. The smallest absolute Gasteiger partial charge is 0.272 e. The lowest BCUT2D eigenvalue weighted by Crippen LogP contribution is -2.43. The van der Waals surface area contributed by atoms with Crippen LogP contribution in [0.3, 0.4) is 0 Å². The number of nitrogens with zero attached hydrogens (tertiary/aromatic N) is 4. The molecule has 1 amide bonds. The number of amides is 1. The first-order valence-corrected chi connectivity index (χ1v) is 9.51. The fraction of sp³-hybridized carbons (Fsp3) is 0.632. The number of fused-ring (bicyclic) bond motifs is 1. The Labute approximate surface area is 154 Å². The van der Waals surface area contributed by atoms with Gasteiger partial charge >= 0.3 is 0 Å². The van der Waals surface area contributed by atoms with Crippen LogP contribution >= 0.6 is 0 Å². The van der Waals surface area contributed by atoms with E-state index in [9.17, 15) is 4.79 Å². The molecular formula is C19H29N5O2. The molecule has 0 saturated carbocycles. The van der Waals surface area contributed by atoms with Crippen LogP contribution in [0.5, 0.6) is 5.88 Å². The van der Waals surface area contributed by atoms with Crippen molar-refractivity contribution < 1.29 is 9.53 Å². The molecule has 0 spiro atoms. The number of carbonyl (C=O) groups is 1. The van der Waals surface area contributed by atoms with Crippen LogP contribution in [0.25, 0.3) is 11.0 Å². The van der Waals surface area contributed by atoms with Crippen LogP contribution in [0.4, 0.5) is 0 Å². The van der Waals surface area contributed by atoms with Gasteiger partial charge < -0.3 is 15.0 Å². The number of piperidine rings is 1. The first kappa shape index (κ1) is 18.6. The average Bonchev–Trinajstić information content (AvgIpc) is 2.98. The van der Waals surface area contributed by atoms with Crippen molar-refractivity contribution in [2.75, 3.05) is 20.1 Å². The number of pyridine rings is 1. The van der Waals surface area contributed by atoms with Crippen LogP contribution in [0.1, 0.15) is 50.0 Å². The summed E-state index contributed by atoms with van der Waals surface area (Å²) in [5, 5.41) is 8.29. The number of aromatic nitrogens is 3. The lowest BCUT2D eigenvalue weighted by Gasteiger charge is -2.29. The maximum absolute atomic E-state index is 12.7. The summed E-state index contributed by atoms with van der Waals surface area (Å²) >= 11 is 0. The standard InChI is InChI=1S/C19H29N5O2/c1-5-14(6-2)26-16-8-7-15-17(22-24(4)18(15)21-16)19(25)20-13-9-11-23(3)12-10-13/h7-8,13-14H,5-6,9-12H2,1-4H3,(H,20,25). The van der Waals surface area contributed by atoms with E-state index in [0.29, 0.717) is 17.2 Å². The molecule has 0 unspecified atom stereocenters. The Balaban J connectivity index is 1.78. The molecule has 1 fully saturated rings. The number of nitrogens with one attached hydrogen (secondary N) is 1. The zero-order valence-electron chi connectivity index (χ0n) is 16.2. The summed E-state index contributed by atoms with van der Waals surface area (Å²) in [6.45, 7) is 6.21. The molecule has 0 atom stereocenters. The minimum absolute atomic E-state index is 0.124. The Morgan fingerprint density at radius 2 is 1.96 bits per heavy atom. The van der Waals surface area contributed by atoms with Crippen molar-refractivity contribution in [3.63, 3.8) is 0 Å². The van der Waals surface area contributed by atoms with Crippen molar-refractivity contribution in [1.29, 1.82) is 0 Å². The summed E-state index contributed by atoms with van der Waals surface area (Å²) in [4.78, 5) is 19.6. The quantitative estimate of drug-likeness (QED) is 0.857. The molecule has 26 heavy (non-hydrogen) atoms. The van der Waals surface area contributed by atoms with Gasteiger partial charge in [-0.3, -0.25) is 4.79 Å². The number of ether oxygens (including phenoxy) is 1. The normalized spacial score (nSPS) is 16.3. The molecule has 1 aliphatic heterocycles. The van der Waals surface area contributed by atoms with Gasteiger partial charge in [-0.25, -0.2) is 4.68 Å². The summed E-state index contributed by atoms with van der Waals surface area (Å²) in [6, 6.07) is 3.92. The van der Waals surface area contributed by atoms with E-state index in [-0.39, 0.29) is 18.1 Å². The molecule has 3 heterocycles. The van der Waals surface area contributed by atoms with Gasteiger partial charge in [0.2, 0.25) is 5.88 Å². The Bertz CT molecular complexity index is 761. The molecule has 1 aliphatic rings. The van der Waals surface area contributed by atoms with Gasteiger partial charge in [0.1, 0.15) is 0 Å². The SMILES string of the molecule is CCC(CC)Oc1ccc2c(C(=O)NC3CCN(C)CC3)nn(C)c2n1. The van der Waals surface area contributed by atoms with Gasteiger partial charge in [-0.15, -0.1) is 0 Å². The molecule has 0 aromatic carbocycles. The van der Waals surface area contributed by atoms with Gasteiger partial charge in [-0.1, -0.05) is 13.8 Å². The van der Waals surface area contributed by atoms with Crippen molar-refractivity contribution in [3.05, 3.63) is 17.8 Å². The molecule has 7 nitrogen and oxygen atoms in total. The molecular weight excluding hydrogens is 330 g/mol. The predicted octanol–water partition coefficient (Wildman–Crippen LogP) is 2.36. The van der Waals surface area contributed by atoms with E-state index in [0.717, 1.165) is 44.2 Å². The van der Waals surface area contributed by atoms with Gasteiger partial charge in [0.15, 0.2) is 11.3 Å². The van der Waals surface area contributed by atoms with Gasteiger partial charge in [0, 0.05) is 19.2 Å². The second kappa shape index (κ2) is 8.03. The number of aryl methyl sites for hydroxylation is 1. The molecule has 142 valence electrons. The molecule has 0 radical (unpaired) electrons. The van der Waals surface area contributed by atoms with Gasteiger partial charge in [-0.2, -0.15) is 10.1 Å². The van der Waals surface area contributed by atoms with Crippen LogP contribution in [0.2, 0.25) is 0 Å². The maximum Gasteiger partial charge on any atom is 0.272 e. The number of carbonyl (C=O) groups excluding carboxylic acids is 1.